The summed E-state index contributed by atoms with van der Waals surface area (Å²) in [5.41, 5.74) is 0.716. The molecule has 5 heteroatoms. The molecule has 0 bridgehead atoms. The van der Waals surface area contributed by atoms with Crippen molar-refractivity contribution in [2.75, 3.05) is 7.05 Å². The summed E-state index contributed by atoms with van der Waals surface area (Å²) >= 11 is 0. The van der Waals surface area contributed by atoms with E-state index in [2.05, 4.69) is 16.7 Å². The monoisotopic (exact) mass is 191 g/mol. The van der Waals surface area contributed by atoms with E-state index in [9.17, 15) is 0 Å². The van der Waals surface area contributed by atoms with Gasteiger partial charge in [0.25, 0.3) is 0 Å². The van der Waals surface area contributed by atoms with Crippen LogP contribution in [0.3, 0.4) is 0 Å². The van der Waals surface area contributed by atoms with E-state index < -0.39 is 0 Å². The van der Waals surface area contributed by atoms with Gasteiger partial charge in [0.05, 0.1) is 13.8 Å². The van der Waals surface area contributed by atoms with Crippen molar-refractivity contribution in [2.24, 2.45) is 0 Å². The maximum atomic E-state index is 9.03. The zero-order chi connectivity index (χ0) is 10.1. The molecule has 0 spiro atoms. The molecule has 0 atom stereocenters. The van der Waals surface area contributed by atoms with Crippen molar-refractivity contribution in [2.45, 2.75) is 6.73 Å². The lowest BCUT2D eigenvalue weighted by Gasteiger charge is -1.97. The first-order chi connectivity index (χ1) is 6.74. The van der Waals surface area contributed by atoms with Crippen molar-refractivity contribution in [3.05, 3.63) is 18.6 Å². The predicted octanol–water partition coefficient (Wildman–Crippen LogP) is 0.355. The van der Waals surface area contributed by atoms with Gasteiger partial charge in [-0.15, -0.1) is 0 Å². The van der Waals surface area contributed by atoms with Crippen molar-refractivity contribution in [1.82, 2.24) is 14.5 Å². The fourth-order valence-electron chi connectivity index (χ4n) is 1.41. The third-order valence-electron chi connectivity index (χ3n) is 2.05. The van der Waals surface area contributed by atoms with Crippen molar-refractivity contribution in [3.8, 4) is 0 Å². The Kier molecular flexibility index (Phi) is 2.01. The normalized spacial score (nSPS) is 10.7. The lowest BCUT2D eigenvalue weighted by Crippen LogP contribution is -2.00. The molecular formula is C9H11N4O+. The van der Waals surface area contributed by atoms with Crippen LogP contribution in [0.25, 0.3) is 11.0 Å². The fraction of sp³-hybridized carbons (Fsp3) is 0.222. The van der Waals surface area contributed by atoms with E-state index in [1.54, 1.807) is 15.3 Å². The lowest BCUT2D eigenvalue weighted by atomic mass is 10.4. The second kappa shape index (κ2) is 3.19. The SMILES string of the molecule is C=[N+](C)c1ncnc2c1ccn2CO. The Morgan fingerprint density at radius 1 is 1.57 bits per heavy atom. The first kappa shape index (κ1) is 8.83. The van der Waals surface area contributed by atoms with Crippen molar-refractivity contribution in [1.29, 1.82) is 0 Å². The smallest absolute Gasteiger partial charge is 0.335 e. The zero-order valence-corrected chi connectivity index (χ0v) is 7.88. The first-order valence-electron chi connectivity index (χ1n) is 4.19. The minimum Gasteiger partial charge on any atom is -0.376 e. The number of hydrogen-bond donors (Lipinski definition) is 1. The van der Waals surface area contributed by atoms with E-state index in [1.165, 1.54) is 6.33 Å². The summed E-state index contributed by atoms with van der Waals surface area (Å²) in [4.78, 5) is 8.20. The highest BCUT2D eigenvalue weighted by Crippen LogP contribution is 2.20. The second-order valence-electron chi connectivity index (χ2n) is 3.06. The third-order valence-corrected chi connectivity index (χ3v) is 2.05. The highest BCUT2D eigenvalue weighted by atomic mass is 16.3. The van der Waals surface area contributed by atoms with Gasteiger partial charge < -0.3 is 9.67 Å². The standard InChI is InChI=1S/C9H11N4O/c1-12(2)8-7-3-4-13(6-14)9(7)11-5-10-8/h3-5,14H,1,6H2,2H3/q+1. The Morgan fingerprint density at radius 3 is 3.00 bits per heavy atom. The van der Waals surface area contributed by atoms with E-state index in [4.69, 9.17) is 5.11 Å². The maximum Gasteiger partial charge on any atom is 0.335 e. The van der Waals surface area contributed by atoms with Crippen LogP contribution in [-0.4, -0.2) is 38.0 Å². The summed E-state index contributed by atoms with van der Waals surface area (Å²) < 4.78 is 3.32. The van der Waals surface area contributed by atoms with Gasteiger partial charge in [0.1, 0.15) is 12.1 Å². The topological polar surface area (TPSA) is 54.0 Å². The maximum absolute atomic E-state index is 9.03. The van der Waals surface area contributed by atoms with Crippen molar-refractivity contribution < 1.29 is 9.68 Å². The molecule has 0 radical (unpaired) electrons. The summed E-state index contributed by atoms with van der Waals surface area (Å²) in [5.74, 6) is 0.752. The molecule has 0 saturated heterocycles. The lowest BCUT2D eigenvalue weighted by molar-refractivity contribution is -0.397. The van der Waals surface area contributed by atoms with Crippen LogP contribution in [-0.2, 0) is 6.73 Å². The van der Waals surface area contributed by atoms with Gasteiger partial charge >= 0.3 is 5.82 Å². The molecule has 72 valence electrons. The van der Waals surface area contributed by atoms with Crippen LogP contribution in [0.1, 0.15) is 0 Å². The summed E-state index contributed by atoms with van der Waals surface area (Å²) in [5, 5.41) is 9.92. The molecule has 5 nitrogen and oxygen atoms in total. The minimum atomic E-state index is -0.0825. The molecule has 0 aliphatic rings. The van der Waals surface area contributed by atoms with Crippen LogP contribution in [0.4, 0.5) is 5.82 Å². The molecule has 1 N–H and O–H groups in total. The molecule has 0 fully saturated rings. The average molecular weight is 191 g/mol. The van der Waals surface area contributed by atoms with Crippen molar-refractivity contribution >= 4 is 23.6 Å². The van der Waals surface area contributed by atoms with E-state index in [0.717, 1.165) is 11.2 Å². The average Bonchev–Trinajstić information content (AvgIpc) is 2.59. The summed E-state index contributed by atoms with van der Waals surface area (Å²) in [6.07, 6.45) is 3.23. The highest BCUT2D eigenvalue weighted by molar-refractivity contribution is 5.83. The summed E-state index contributed by atoms with van der Waals surface area (Å²) in [6, 6.07) is 1.86. The molecule has 0 amide bonds. The van der Waals surface area contributed by atoms with E-state index in [0.29, 0.717) is 5.65 Å². The predicted molar refractivity (Wildman–Crippen MR) is 52.7 cm³/mol. The van der Waals surface area contributed by atoms with Gasteiger partial charge in [0.15, 0.2) is 5.65 Å². The molecule has 0 aromatic carbocycles. The first-order valence-corrected chi connectivity index (χ1v) is 4.19. The Bertz CT molecular complexity index is 489. The molecule has 2 aromatic rings. The molecule has 0 aliphatic carbocycles. The Labute approximate surface area is 81.0 Å². The van der Waals surface area contributed by atoms with Gasteiger partial charge in [-0.25, -0.2) is 4.58 Å². The van der Waals surface area contributed by atoms with E-state index in [1.807, 2.05) is 13.1 Å². The van der Waals surface area contributed by atoms with Gasteiger partial charge in [-0.3, -0.25) is 0 Å². The van der Waals surface area contributed by atoms with E-state index in [-0.39, 0.29) is 6.73 Å². The van der Waals surface area contributed by atoms with Gasteiger partial charge in [0.2, 0.25) is 6.33 Å². The quantitative estimate of drug-likeness (QED) is 0.550. The molecule has 0 aliphatic heterocycles. The summed E-state index contributed by atoms with van der Waals surface area (Å²) in [6.45, 7) is 3.68. The number of rotatable bonds is 2. The van der Waals surface area contributed by atoms with Crippen LogP contribution in [0.5, 0.6) is 0 Å². The Morgan fingerprint density at radius 2 is 2.36 bits per heavy atom. The second-order valence-corrected chi connectivity index (χ2v) is 3.06. The number of aromatic nitrogens is 3. The molecule has 0 saturated carbocycles. The largest absolute Gasteiger partial charge is 0.376 e. The highest BCUT2D eigenvalue weighted by Gasteiger charge is 2.14. The summed E-state index contributed by atoms with van der Waals surface area (Å²) in [7, 11) is 1.82. The molecule has 0 unspecified atom stereocenters. The zero-order valence-electron chi connectivity index (χ0n) is 7.88. The fourth-order valence-corrected chi connectivity index (χ4v) is 1.41. The van der Waals surface area contributed by atoms with Crippen LogP contribution < -0.4 is 0 Å². The number of nitrogens with zero attached hydrogens (tertiary/aromatic N) is 4. The number of aliphatic hydroxyl groups excluding tert-OH is 1. The molecule has 14 heavy (non-hydrogen) atoms. The van der Waals surface area contributed by atoms with Crippen LogP contribution in [0, 0.1) is 0 Å². The number of aliphatic hydroxyl groups is 1. The number of fused-ring (bicyclic) bond motifs is 1. The Hall–Kier alpha value is -1.75. The van der Waals surface area contributed by atoms with Crippen LogP contribution >= 0.6 is 0 Å². The van der Waals surface area contributed by atoms with Crippen LogP contribution in [0.2, 0.25) is 0 Å². The molecule has 2 rings (SSSR count). The van der Waals surface area contributed by atoms with Gasteiger partial charge in [-0.05, 0) is 11.1 Å². The van der Waals surface area contributed by atoms with Gasteiger partial charge in [0, 0.05) is 6.20 Å². The van der Waals surface area contributed by atoms with E-state index >= 15 is 0 Å². The number of hydrogen-bond acceptors (Lipinski definition) is 3. The Balaban J connectivity index is 2.76. The molecule has 2 aromatic heterocycles. The molecule has 2 heterocycles. The van der Waals surface area contributed by atoms with Gasteiger partial charge in [-0.2, -0.15) is 4.98 Å². The molecular weight excluding hydrogens is 180 g/mol. The third kappa shape index (κ3) is 1.18. The van der Waals surface area contributed by atoms with Gasteiger partial charge in [-0.1, -0.05) is 0 Å². The van der Waals surface area contributed by atoms with Crippen molar-refractivity contribution in [3.63, 3.8) is 0 Å². The minimum absolute atomic E-state index is 0.0825. The van der Waals surface area contributed by atoms with Crippen LogP contribution in [0.15, 0.2) is 18.6 Å².